The van der Waals surface area contributed by atoms with Gasteiger partial charge in [0.05, 0.1) is 13.2 Å². The number of amides is 1. The third kappa shape index (κ3) is 4.59. The third-order valence-corrected chi connectivity index (χ3v) is 2.38. The summed E-state index contributed by atoms with van der Waals surface area (Å²) in [6, 6.07) is -0.0649. The predicted molar refractivity (Wildman–Crippen MR) is 56.7 cm³/mol. The Bertz CT molecular complexity index is 193. The summed E-state index contributed by atoms with van der Waals surface area (Å²) in [6.45, 7) is 4.52. The second-order valence-corrected chi connectivity index (χ2v) is 3.77. The summed E-state index contributed by atoms with van der Waals surface area (Å²) in [4.78, 5) is 11.7. The van der Waals surface area contributed by atoms with Gasteiger partial charge in [0.25, 0.3) is 0 Å². The van der Waals surface area contributed by atoms with Crippen molar-refractivity contribution >= 4 is 5.91 Å². The van der Waals surface area contributed by atoms with Crippen molar-refractivity contribution in [3.63, 3.8) is 0 Å². The number of carbonyl (C=O) groups is 1. The topological polar surface area (TPSA) is 59.6 Å². The van der Waals surface area contributed by atoms with Crippen LogP contribution in [0.1, 0.15) is 13.3 Å². The van der Waals surface area contributed by atoms with E-state index in [9.17, 15) is 4.79 Å². The minimum absolute atomic E-state index is 0.0123. The quantitative estimate of drug-likeness (QED) is 0.651. The summed E-state index contributed by atoms with van der Waals surface area (Å²) in [5.74, 6) is 0.0123. The monoisotopic (exact) mass is 216 g/mol. The number of rotatable bonds is 5. The third-order valence-electron chi connectivity index (χ3n) is 2.38. The van der Waals surface area contributed by atoms with E-state index in [2.05, 4.69) is 10.6 Å². The van der Waals surface area contributed by atoms with Gasteiger partial charge in [-0.3, -0.25) is 4.79 Å². The Labute approximate surface area is 90.5 Å². The Morgan fingerprint density at radius 1 is 1.73 bits per heavy atom. The van der Waals surface area contributed by atoms with Gasteiger partial charge in [-0.25, -0.2) is 0 Å². The van der Waals surface area contributed by atoms with Crippen molar-refractivity contribution in [2.45, 2.75) is 25.4 Å². The van der Waals surface area contributed by atoms with Gasteiger partial charge in [-0.1, -0.05) is 0 Å². The fraction of sp³-hybridized carbons (Fsp3) is 0.900. The molecule has 1 fully saturated rings. The second-order valence-electron chi connectivity index (χ2n) is 3.77. The summed E-state index contributed by atoms with van der Waals surface area (Å²) >= 11 is 0. The van der Waals surface area contributed by atoms with Crippen LogP contribution < -0.4 is 10.6 Å². The van der Waals surface area contributed by atoms with Crippen LogP contribution in [0.5, 0.6) is 0 Å². The van der Waals surface area contributed by atoms with Crippen LogP contribution in [0.4, 0.5) is 0 Å². The minimum Gasteiger partial charge on any atom is -0.385 e. The fourth-order valence-corrected chi connectivity index (χ4v) is 1.44. The number of methoxy groups -OCH3 is 1. The summed E-state index contributed by atoms with van der Waals surface area (Å²) in [5.41, 5.74) is 0. The molecule has 1 aliphatic heterocycles. The molecule has 0 aromatic carbocycles. The van der Waals surface area contributed by atoms with Crippen LogP contribution in [0, 0.1) is 0 Å². The zero-order valence-electron chi connectivity index (χ0n) is 9.41. The second kappa shape index (κ2) is 6.76. The molecule has 2 atom stereocenters. The van der Waals surface area contributed by atoms with Crippen LogP contribution in [0.3, 0.4) is 0 Å². The Hall–Kier alpha value is -0.650. The van der Waals surface area contributed by atoms with Crippen molar-refractivity contribution in [1.29, 1.82) is 0 Å². The molecule has 5 nitrogen and oxygen atoms in total. The Morgan fingerprint density at radius 3 is 3.13 bits per heavy atom. The lowest BCUT2D eigenvalue weighted by Gasteiger charge is -2.24. The minimum atomic E-state index is -0.205. The molecule has 1 heterocycles. The van der Waals surface area contributed by atoms with Crippen LogP contribution in [0.15, 0.2) is 0 Å². The number of hydrogen-bond donors (Lipinski definition) is 2. The zero-order chi connectivity index (χ0) is 11.1. The van der Waals surface area contributed by atoms with Crippen molar-refractivity contribution in [1.82, 2.24) is 10.6 Å². The van der Waals surface area contributed by atoms with Crippen LogP contribution in [0.25, 0.3) is 0 Å². The van der Waals surface area contributed by atoms with E-state index in [4.69, 9.17) is 9.47 Å². The number of carbonyl (C=O) groups excluding carboxylic acids is 1. The standard InChI is InChI=1S/C10H20N2O3/c1-8(3-5-14-2)12-10(13)9-7-15-6-4-11-9/h8-9,11H,3-7H2,1-2H3,(H,12,13). The first-order valence-electron chi connectivity index (χ1n) is 5.34. The predicted octanol–water partition coefficient (Wildman–Crippen LogP) is -0.484. The lowest BCUT2D eigenvalue weighted by atomic mass is 10.2. The molecule has 0 radical (unpaired) electrons. The number of ether oxygens (including phenoxy) is 2. The molecule has 1 aliphatic rings. The molecule has 1 amide bonds. The average Bonchev–Trinajstić information content (AvgIpc) is 2.27. The van der Waals surface area contributed by atoms with Crippen LogP contribution in [0.2, 0.25) is 0 Å². The van der Waals surface area contributed by atoms with Gasteiger partial charge in [-0.15, -0.1) is 0 Å². The van der Waals surface area contributed by atoms with Gasteiger partial charge < -0.3 is 20.1 Å². The molecule has 2 unspecified atom stereocenters. The number of hydrogen-bond acceptors (Lipinski definition) is 4. The van der Waals surface area contributed by atoms with E-state index in [0.717, 1.165) is 13.0 Å². The van der Waals surface area contributed by atoms with Crippen molar-refractivity contribution in [2.75, 3.05) is 33.5 Å². The van der Waals surface area contributed by atoms with Gasteiger partial charge in [0.2, 0.25) is 5.91 Å². The van der Waals surface area contributed by atoms with Gasteiger partial charge >= 0.3 is 0 Å². The molecule has 0 spiro atoms. The van der Waals surface area contributed by atoms with Crippen LogP contribution >= 0.6 is 0 Å². The van der Waals surface area contributed by atoms with Crippen LogP contribution in [-0.2, 0) is 14.3 Å². The van der Waals surface area contributed by atoms with Crippen molar-refractivity contribution in [2.24, 2.45) is 0 Å². The number of morpholine rings is 1. The molecule has 88 valence electrons. The number of nitrogens with one attached hydrogen (secondary N) is 2. The van der Waals surface area contributed by atoms with E-state index in [0.29, 0.717) is 19.8 Å². The first-order chi connectivity index (χ1) is 7.24. The highest BCUT2D eigenvalue weighted by Gasteiger charge is 2.21. The molecule has 1 saturated heterocycles. The normalized spacial score (nSPS) is 23.5. The molecule has 0 aliphatic carbocycles. The highest BCUT2D eigenvalue weighted by atomic mass is 16.5. The first kappa shape index (κ1) is 12.4. The molecule has 0 aromatic heterocycles. The smallest absolute Gasteiger partial charge is 0.239 e. The molecular weight excluding hydrogens is 196 g/mol. The Kier molecular flexibility index (Phi) is 5.60. The van der Waals surface area contributed by atoms with E-state index in [-0.39, 0.29) is 18.0 Å². The van der Waals surface area contributed by atoms with Gasteiger partial charge in [0.15, 0.2) is 0 Å². The zero-order valence-corrected chi connectivity index (χ0v) is 9.41. The SMILES string of the molecule is COCCC(C)NC(=O)C1COCCN1. The molecule has 2 N–H and O–H groups in total. The summed E-state index contributed by atoms with van der Waals surface area (Å²) in [6.07, 6.45) is 0.829. The van der Waals surface area contributed by atoms with Gasteiger partial charge in [0, 0.05) is 26.3 Å². The van der Waals surface area contributed by atoms with Gasteiger partial charge in [-0.2, -0.15) is 0 Å². The average molecular weight is 216 g/mol. The van der Waals surface area contributed by atoms with Crippen molar-refractivity contribution < 1.29 is 14.3 Å². The molecule has 0 saturated carbocycles. The van der Waals surface area contributed by atoms with Gasteiger partial charge in [0.1, 0.15) is 6.04 Å². The summed E-state index contributed by atoms with van der Waals surface area (Å²) in [5, 5.41) is 6.03. The molecule has 5 heteroatoms. The molecular formula is C10H20N2O3. The highest BCUT2D eigenvalue weighted by Crippen LogP contribution is 1.96. The maximum atomic E-state index is 11.7. The summed E-state index contributed by atoms with van der Waals surface area (Å²) in [7, 11) is 1.66. The maximum absolute atomic E-state index is 11.7. The molecule has 15 heavy (non-hydrogen) atoms. The maximum Gasteiger partial charge on any atom is 0.239 e. The van der Waals surface area contributed by atoms with E-state index in [1.54, 1.807) is 7.11 Å². The summed E-state index contributed by atoms with van der Waals surface area (Å²) < 4.78 is 10.2. The largest absolute Gasteiger partial charge is 0.385 e. The van der Waals surface area contributed by atoms with E-state index in [1.165, 1.54) is 0 Å². The molecule has 0 aromatic rings. The van der Waals surface area contributed by atoms with Crippen molar-refractivity contribution in [3.8, 4) is 0 Å². The van der Waals surface area contributed by atoms with E-state index >= 15 is 0 Å². The van der Waals surface area contributed by atoms with Crippen LogP contribution in [-0.4, -0.2) is 51.5 Å². The Morgan fingerprint density at radius 2 is 2.53 bits per heavy atom. The fourth-order valence-electron chi connectivity index (χ4n) is 1.44. The van der Waals surface area contributed by atoms with E-state index in [1.807, 2.05) is 6.92 Å². The Balaban J connectivity index is 2.21. The first-order valence-corrected chi connectivity index (χ1v) is 5.34. The van der Waals surface area contributed by atoms with Crippen molar-refractivity contribution in [3.05, 3.63) is 0 Å². The highest BCUT2D eigenvalue weighted by molar-refractivity contribution is 5.82. The molecule has 1 rings (SSSR count). The lowest BCUT2D eigenvalue weighted by molar-refractivity contribution is -0.126. The van der Waals surface area contributed by atoms with Gasteiger partial charge in [-0.05, 0) is 13.3 Å². The lowest BCUT2D eigenvalue weighted by Crippen LogP contribution is -2.53. The van der Waals surface area contributed by atoms with E-state index < -0.39 is 0 Å². The molecule has 0 bridgehead atoms.